The van der Waals surface area contributed by atoms with E-state index < -0.39 is 5.97 Å². The first-order valence-corrected chi connectivity index (χ1v) is 10.6. The largest absolute Gasteiger partial charge is 0.465 e. The van der Waals surface area contributed by atoms with Gasteiger partial charge in [-0.25, -0.2) is 4.79 Å². The fourth-order valence-electron chi connectivity index (χ4n) is 3.25. The number of carbonyl (C=O) groups is 3. The van der Waals surface area contributed by atoms with Crippen LogP contribution < -0.4 is 10.6 Å². The van der Waals surface area contributed by atoms with Crippen LogP contribution in [-0.2, 0) is 4.74 Å². The molecule has 0 fully saturated rings. The van der Waals surface area contributed by atoms with E-state index in [9.17, 15) is 14.4 Å². The monoisotopic (exact) mass is 436 g/mol. The molecule has 160 valence electrons. The van der Waals surface area contributed by atoms with Crippen molar-refractivity contribution in [2.75, 3.05) is 12.4 Å². The maximum atomic E-state index is 13.0. The highest BCUT2D eigenvalue weighted by molar-refractivity contribution is 7.18. The summed E-state index contributed by atoms with van der Waals surface area (Å²) in [5.41, 5.74) is 2.92. The summed E-state index contributed by atoms with van der Waals surface area (Å²) in [5.74, 6) is -1.28. The highest BCUT2D eigenvalue weighted by atomic mass is 32.1. The Morgan fingerprint density at radius 1 is 0.935 bits per heavy atom. The highest BCUT2D eigenvalue weighted by Gasteiger charge is 2.27. The van der Waals surface area contributed by atoms with Gasteiger partial charge in [0.15, 0.2) is 0 Å². The molecule has 0 spiro atoms. The number of nitrogens with one attached hydrogen (secondary N) is 2. The van der Waals surface area contributed by atoms with Gasteiger partial charge in [-0.1, -0.05) is 48.5 Å². The van der Waals surface area contributed by atoms with Crippen molar-refractivity contribution in [3.63, 3.8) is 0 Å². The number of aryl methyl sites for hydroxylation is 1. The number of rotatable bonds is 6. The molecule has 3 aromatic rings. The van der Waals surface area contributed by atoms with Gasteiger partial charge in [-0.15, -0.1) is 11.3 Å². The standard InChI is InChI=1S/C24H24N2O4S/c1-14-10-8-9-13-18(14)21(27)26-23-19(24(29)30-4)15(2)20(31-23)22(28)25-16(3)17-11-6-5-7-12-17/h5-13,16H,1-4H3,(H,25,28)(H,26,27). The van der Waals surface area contributed by atoms with Gasteiger partial charge in [-0.3, -0.25) is 9.59 Å². The number of ether oxygens (including phenoxy) is 1. The minimum atomic E-state index is -0.607. The smallest absolute Gasteiger partial charge is 0.341 e. The fraction of sp³-hybridized carbons (Fsp3) is 0.208. The molecule has 1 unspecified atom stereocenters. The van der Waals surface area contributed by atoms with Crippen LogP contribution >= 0.6 is 11.3 Å². The van der Waals surface area contributed by atoms with E-state index in [0.717, 1.165) is 22.5 Å². The number of methoxy groups -OCH3 is 1. The van der Waals surface area contributed by atoms with E-state index in [4.69, 9.17) is 4.74 Å². The molecule has 2 aromatic carbocycles. The Morgan fingerprint density at radius 2 is 1.58 bits per heavy atom. The van der Waals surface area contributed by atoms with Crippen LogP contribution in [0.1, 0.15) is 60.0 Å². The number of amides is 2. The Balaban J connectivity index is 1.91. The summed E-state index contributed by atoms with van der Waals surface area (Å²) >= 11 is 1.06. The molecular weight excluding hydrogens is 412 g/mol. The zero-order valence-corrected chi connectivity index (χ0v) is 18.6. The van der Waals surface area contributed by atoms with E-state index in [1.807, 2.05) is 56.3 Å². The number of esters is 1. The van der Waals surface area contributed by atoms with Crippen LogP contribution in [0.4, 0.5) is 5.00 Å². The molecule has 2 amide bonds. The van der Waals surface area contributed by atoms with E-state index in [2.05, 4.69) is 10.6 Å². The molecule has 0 radical (unpaired) electrons. The number of carbonyl (C=O) groups excluding carboxylic acids is 3. The van der Waals surface area contributed by atoms with Crippen LogP contribution in [0, 0.1) is 13.8 Å². The molecule has 1 heterocycles. The van der Waals surface area contributed by atoms with E-state index in [1.54, 1.807) is 19.1 Å². The average Bonchev–Trinajstić information content (AvgIpc) is 3.09. The maximum Gasteiger partial charge on any atom is 0.341 e. The average molecular weight is 437 g/mol. The van der Waals surface area contributed by atoms with E-state index in [-0.39, 0.29) is 28.4 Å². The number of hydrogen-bond donors (Lipinski definition) is 2. The number of thiophene rings is 1. The first-order chi connectivity index (χ1) is 14.8. The molecule has 0 saturated carbocycles. The van der Waals surface area contributed by atoms with Crippen LogP contribution in [0.3, 0.4) is 0 Å². The van der Waals surface area contributed by atoms with Crippen LogP contribution in [0.15, 0.2) is 54.6 Å². The maximum absolute atomic E-state index is 13.0. The summed E-state index contributed by atoms with van der Waals surface area (Å²) in [4.78, 5) is 38.5. The van der Waals surface area contributed by atoms with Crippen molar-refractivity contribution in [1.82, 2.24) is 5.32 Å². The summed E-state index contributed by atoms with van der Waals surface area (Å²) in [6.07, 6.45) is 0. The van der Waals surface area contributed by atoms with Gasteiger partial charge in [0, 0.05) is 5.56 Å². The minimum Gasteiger partial charge on any atom is -0.465 e. The van der Waals surface area contributed by atoms with Gasteiger partial charge in [0.1, 0.15) is 5.00 Å². The second-order valence-corrected chi connectivity index (χ2v) is 8.15. The van der Waals surface area contributed by atoms with Crippen molar-refractivity contribution in [3.8, 4) is 0 Å². The second-order valence-electron chi connectivity index (χ2n) is 7.13. The predicted octanol–water partition coefficient (Wildman–Crippen LogP) is 4.89. The molecule has 3 rings (SSSR count). The third-order valence-electron chi connectivity index (χ3n) is 5.01. The van der Waals surface area contributed by atoms with Gasteiger partial charge in [0.2, 0.25) is 0 Å². The summed E-state index contributed by atoms with van der Waals surface area (Å²) < 4.78 is 4.90. The molecule has 0 aliphatic heterocycles. The molecule has 1 aromatic heterocycles. The molecule has 0 bridgehead atoms. The fourth-order valence-corrected chi connectivity index (χ4v) is 4.34. The van der Waals surface area contributed by atoms with E-state index >= 15 is 0 Å². The molecule has 2 N–H and O–H groups in total. The molecular formula is C24H24N2O4S. The van der Waals surface area contributed by atoms with Crippen LogP contribution in [0.5, 0.6) is 0 Å². The first-order valence-electron chi connectivity index (χ1n) is 9.78. The molecule has 0 aliphatic rings. The number of benzene rings is 2. The van der Waals surface area contributed by atoms with Crippen molar-refractivity contribution >= 4 is 34.1 Å². The Kier molecular flexibility index (Phi) is 6.87. The quantitative estimate of drug-likeness (QED) is 0.539. The Morgan fingerprint density at radius 3 is 2.23 bits per heavy atom. The Bertz CT molecular complexity index is 1120. The lowest BCUT2D eigenvalue weighted by Crippen LogP contribution is -2.26. The van der Waals surface area contributed by atoms with Crippen molar-refractivity contribution in [2.24, 2.45) is 0 Å². The Hall–Kier alpha value is -3.45. The summed E-state index contributed by atoms with van der Waals surface area (Å²) in [5, 5.41) is 6.02. The summed E-state index contributed by atoms with van der Waals surface area (Å²) in [7, 11) is 1.27. The highest BCUT2D eigenvalue weighted by Crippen LogP contribution is 2.34. The minimum absolute atomic E-state index is 0.187. The third-order valence-corrected chi connectivity index (χ3v) is 6.21. The molecule has 31 heavy (non-hydrogen) atoms. The first kappa shape index (κ1) is 22.2. The lowest BCUT2D eigenvalue weighted by molar-refractivity contribution is 0.0601. The van der Waals surface area contributed by atoms with Crippen molar-refractivity contribution in [2.45, 2.75) is 26.8 Å². The van der Waals surface area contributed by atoms with E-state index in [1.165, 1.54) is 7.11 Å². The zero-order valence-electron chi connectivity index (χ0n) is 17.8. The molecule has 0 saturated heterocycles. The Labute approximate surface area is 185 Å². The van der Waals surface area contributed by atoms with Gasteiger partial charge < -0.3 is 15.4 Å². The van der Waals surface area contributed by atoms with Gasteiger partial charge in [-0.2, -0.15) is 0 Å². The lowest BCUT2D eigenvalue weighted by Gasteiger charge is -2.14. The van der Waals surface area contributed by atoms with Crippen molar-refractivity contribution in [1.29, 1.82) is 0 Å². The normalized spacial score (nSPS) is 11.5. The van der Waals surface area contributed by atoms with E-state index in [0.29, 0.717) is 16.0 Å². The predicted molar refractivity (Wildman–Crippen MR) is 122 cm³/mol. The topological polar surface area (TPSA) is 84.5 Å². The van der Waals surface area contributed by atoms with Crippen LogP contribution in [0.2, 0.25) is 0 Å². The number of hydrogen-bond acceptors (Lipinski definition) is 5. The summed E-state index contributed by atoms with van der Waals surface area (Å²) in [6, 6.07) is 16.5. The van der Waals surface area contributed by atoms with Crippen molar-refractivity contribution in [3.05, 3.63) is 87.3 Å². The molecule has 7 heteroatoms. The zero-order chi connectivity index (χ0) is 22.5. The molecule has 6 nitrogen and oxygen atoms in total. The van der Waals surface area contributed by atoms with Gasteiger partial charge in [0.25, 0.3) is 11.8 Å². The van der Waals surface area contributed by atoms with Gasteiger partial charge in [0.05, 0.1) is 23.6 Å². The van der Waals surface area contributed by atoms with Crippen LogP contribution in [0.25, 0.3) is 0 Å². The lowest BCUT2D eigenvalue weighted by atomic mass is 10.1. The van der Waals surface area contributed by atoms with Crippen LogP contribution in [-0.4, -0.2) is 24.9 Å². The SMILES string of the molecule is COC(=O)c1c(NC(=O)c2ccccc2C)sc(C(=O)NC(C)c2ccccc2)c1C. The van der Waals surface area contributed by atoms with Crippen molar-refractivity contribution < 1.29 is 19.1 Å². The van der Waals surface area contributed by atoms with Gasteiger partial charge >= 0.3 is 5.97 Å². The molecule has 1 atom stereocenters. The third kappa shape index (κ3) is 4.83. The number of anilines is 1. The second kappa shape index (κ2) is 9.57. The summed E-state index contributed by atoms with van der Waals surface area (Å²) in [6.45, 7) is 5.40. The van der Waals surface area contributed by atoms with Gasteiger partial charge in [-0.05, 0) is 43.5 Å². The molecule has 0 aliphatic carbocycles.